The highest BCUT2D eigenvalue weighted by Gasteiger charge is 2.21. The topological polar surface area (TPSA) is 66.3 Å². The average Bonchev–Trinajstić information content (AvgIpc) is 3.16. The Morgan fingerprint density at radius 3 is 2.29 bits per heavy atom. The summed E-state index contributed by atoms with van der Waals surface area (Å²) >= 11 is 7.41. The van der Waals surface area contributed by atoms with Crippen LogP contribution in [0.3, 0.4) is 0 Å². The van der Waals surface area contributed by atoms with E-state index >= 15 is 0 Å². The third-order valence-electron chi connectivity index (χ3n) is 4.89. The van der Waals surface area contributed by atoms with Gasteiger partial charge in [0.1, 0.15) is 0 Å². The van der Waals surface area contributed by atoms with E-state index in [1.165, 1.54) is 11.8 Å². The lowest BCUT2D eigenvalue weighted by Gasteiger charge is -2.20. The van der Waals surface area contributed by atoms with Crippen LogP contribution in [0.1, 0.15) is 18.8 Å². The molecule has 0 bridgehead atoms. The molecule has 3 rings (SSSR count). The summed E-state index contributed by atoms with van der Waals surface area (Å²) in [5.41, 5.74) is 2.74. The summed E-state index contributed by atoms with van der Waals surface area (Å²) in [7, 11) is 7.94. The van der Waals surface area contributed by atoms with E-state index in [4.69, 9.17) is 11.6 Å². The number of halogens is 1. The van der Waals surface area contributed by atoms with Crippen molar-refractivity contribution in [3.8, 4) is 5.69 Å². The Balaban J connectivity index is 1.76. The van der Waals surface area contributed by atoms with E-state index < -0.39 is 0 Å². The number of rotatable bonds is 8. The molecule has 1 amide bonds. The highest BCUT2D eigenvalue weighted by atomic mass is 35.5. The summed E-state index contributed by atoms with van der Waals surface area (Å²) in [5, 5.41) is 13.0. The Morgan fingerprint density at radius 1 is 1.06 bits per heavy atom. The largest absolute Gasteiger partial charge is 0.378 e. The van der Waals surface area contributed by atoms with Gasteiger partial charge in [-0.1, -0.05) is 23.4 Å². The molecule has 2 aromatic carbocycles. The second-order valence-corrected chi connectivity index (χ2v) is 8.95. The normalized spacial score (nSPS) is 12.1. The van der Waals surface area contributed by atoms with Gasteiger partial charge in [-0.15, -0.1) is 10.2 Å². The van der Waals surface area contributed by atoms with E-state index in [2.05, 4.69) is 27.3 Å². The minimum atomic E-state index is -0.101. The quantitative estimate of drug-likeness (QED) is 0.506. The maximum absolute atomic E-state index is 12.5. The van der Waals surface area contributed by atoms with Crippen LogP contribution in [0.25, 0.3) is 5.69 Å². The fourth-order valence-corrected chi connectivity index (χ4v) is 3.76. The fourth-order valence-electron chi connectivity index (χ4n) is 2.88. The minimum absolute atomic E-state index is 0.0431. The molecule has 164 valence electrons. The number of benzene rings is 2. The number of hydrogen-bond donors (Lipinski definition) is 1. The molecule has 1 atom stereocenters. The zero-order chi connectivity index (χ0) is 22.5. The number of thioether (sulfide) groups is 1. The number of nitrogens with one attached hydrogen (secondary N) is 1. The molecule has 0 spiro atoms. The van der Waals surface area contributed by atoms with Gasteiger partial charge in [0.15, 0.2) is 11.0 Å². The molecule has 0 aliphatic carbocycles. The van der Waals surface area contributed by atoms with E-state index in [1.807, 2.05) is 86.2 Å². The van der Waals surface area contributed by atoms with Gasteiger partial charge in [-0.25, -0.2) is 0 Å². The highest BCUT2D eigenvalue weighted by Crippen LogP contribution is 2.27. The molecule has 0 saturated heterocycles. The first-order valence-corrected chi connectivity index (χ1v) is 11.2. The summed E-state index contributed by atoms with van der Waals surface area (Å²) in [6.45, 7) is 2.06. The van der Waals surface area contributed by atoms with Gasteiger partial charge in [-0.05, 0) is 69.6 Å². The Morgan fingerprint density at radius 2 is 1.71 bits per heavy atom. The van der Waals surface area contributed by atoms with Crippen molar-refractivity contribution >= 4 is 40.6 Å². The molecule has 3 aromatic rings. The monoisotopic (exact) mass is 458 g/mol. The smallest absolute Gasteiger partial charge is 0.234 e. The van der Waals surface area contributed by atoms with Crippen LogP contribution >= 0.6 is 23.4 Å². The maximum Gasteiger partial charge on any atom is 0.234 e. The van der Waals surface area contributed by atoms with Gasteiger partial charge in [0.05, 0.1) is 11.8 Å². The number of anilines is 2. The first kappa shape index (κ1) is 23.1. The predicted molar refractivity (Wildman–Crippen MR) is 129 cm³/mol. The molecule has 0 aliphatic rings. The number of amides is 1. The molecule has 0 aliphatic heterocycles. The second-order valence-electron chi connectivity index (χ2n) is 7.57. The van der Waals surface area contributed by atoms with Crippen LogP contribution < -0.4 is 10.2 Å². The van der Waals surface area contributed by atoms with Crippen molar-refractivity contribution in [2.24, 2.45) is 0 Å². The van der Waals surface area contributed by atoms with Crippen LogP contribution in [0.2, 0.25) is 5.02 Å². The van der Waals surface area contributed by atoms with Crippen LogP contribution in [-0.4, -0.2) is 59.5 Å². The molecule has 0 saturated carbocycles. The standard InChI is InChI=1S/C22H27ClN6OS/c1-15(27(2)3)21-25-26-22(29(21)19-10-6-16(23)7-11-19)31-14-20(30)24-17-8-12-18(13-9-17)28(4)5/h6-13,15H,14H2,1-5H3,(H,24,30). The number of aromatic nitrogens is 3. The lowest BCUT2D eigenvalue weighted by atomic mass is 10.2. The van der Waals surface area contributed by atoms with Crippen molar-refractivity contribution < 1.29 is 4.79 Å². The Hall–Kier alpha value is -2.55. The van der Waals surface area contributed by atoms with Gasteiger partial charge in [0, 0.05) is 36.2 Å². The van der Waals surface area contributed by atoms with Gasteiger partial charge in [-0.2, -0.15) is 0 Å². The lowest BCUT2D eigenvalue weighted by molar-refractivity contribution is -0.113. The molecule has 0 radical (unpaired) electrons. The summed E-state index contributed by atoms with van der Waals surface area (Å²) in [6.07, 6.45) is 0. The first-order valence-electron chi connectivity index (χ1n) is 9.84. The van der Waals surface area contributed by atoms with Crippen molar-refractivity contribution in [1.82, 2.24) is 19.7 Å². The van der Waals surface area contributed by atoms with Crippen molar-refractivity contribution in [3.63, 3.8) is 0 Å². The molecular weight excluding hydrogens is 432 g/mol. The molecule has 1 heterocycles. The maximum atomic E-state index is 12.5. The molecule has 1 unspecified atom stereocenters. The van der Waals surface area contributed by atoms with E-state index in [9.17, 15) is 4.79 Å². The SMILES string of the molecule is CC(c1nnc(SCC(=O)Nc2ccc(N(C)C)cc2)n1-c1ccc(Cl)cc1)N(C)C. The van der Waals surface area contributed by atoms with E-state index in [-0.39, 0.29) is 17.7 Å². The molecule has 0 fully saturated rings. The lowest BCUT2D eigenvalue weighted by Crippen LogP contribution is -2.21. The average molecular weight is 459 g/mol. The third kappa shape index (κ3) is 5.78. The molecule has 9 heteroatoms. The minimum Gasteiger partial charge on any atom is -0.378 e. The Bertz CT molecular complexity index is 1020. The van der Waals surface area contributed by atoms with Crippen molar-refractivity contribution in [3.05, 3.63) is 59.4 Å². The second kappa shape index (κ2) is 10.2. The van der Waals surface area contributed by atoms with Crippen molar-refractivity contribution in [2.75, 3.05) is 44.2 Å². The van der Waals surface area contributed by atoms with Crippen molar-refractivity contribution in [1.29, 1.82) is 0 Å². The summed E-state index contributed by atoms with van der Waals surface area (Å²) < 4.78 is 1.98. The Labute approximate surface area is 192 Å². The van der Waals surface area contributed by atoms with Crippen LogP contribution in [0.5, 0.6) is 0 Å². The van der Waals surface area contributed by atoms with E-state index in [1.54, 1.807) is 0 Å². The van der Waals surface area contributed by atoms with Crippen molar-refractivity contribution in [2.45, 2.75) is 18.1 Å². The third-order valence-corrected chi connectivity index (χ3v) is 6.07. The summed E-state index contributed by atoms with van der Waals surface area (Å²) in [4.78, 5) is 16.6. The van der Waals surface area contributed by atoms with E-state index in [0.717, 1.165) is 22.9 Å². The number of nitrogens with zero attached hydrogens (tertiary/aromatic N) is 5. The van der Waals surface area contributed by atoms with E-state index in [0.29, 0.717) is 10.2 Å². The molecule has 31 heavy (non-hydrogen) atoms. The predicted octanol–water partition coefficient (Wildman–Crippen LogP) is 4.34. The number of carbonyl (C=O) groups is 1. The number of hydrogen-bond acceptors (Lipinski definition) is 6. The van der Waals surface area contributed by atoms with Gasteiger partial charge in [0.25, 0.3) is 0 Å². The fraction of sp³-hybridized carbons (Fsp3) is 0.318. The van der Waals surface area contributed by atoms with Gasteiger partial charge < -0.3 is 10.2 Å². The number of carbonyl (C=O) groups excluding carboxylic acids is 1. The van der Waals surface area contributed by atoms with Crippen LogP contribution in [0.15, 0.2) is 53.7 Å². The summed E-state index contributed by atoms with van der Waals surface area (Å²) in [6, 6.07) is 15.3. The molecule has 7 nitrogen and oxygen atoms in total. The van der Waals surface area contributed by atoms with Crippen LogP contribution in [0, 0.1) is 0 Å². The van der Waals surface area contributed by atoms with Crippen LogP contribution in [0.4, 0.5) is 11.4 Å². The zero-order valence-electron chi connectivity index (χ0n) is 18.3. The molecule has 1 N–H and O–H groups in total. The van der Waals surface area contributed by atoms with Gasteiger partial charge in [0.2, 0.25) is 5.91 Å². The molecule has 1 aromatic heterocycles. The van der Waals surface area contributed by atoms with Gasteiger partial charge in [-0.3, -0.25) is 14.3 Å². The van der Waals surface area contributed by atoms with Gasteiger partial charge >= 0.3 is 0 Å². The molecular formula is C22H27ClN6OS. The zero-order valence-corrected chi connectivity index (χ0v) is 19.9. The summed E-state index contributed by atoms with van der Waals surface area (Å²) in [5.74, 6) is 0.919. The highest BCUT2D eigenvalue weighted by molar-refractivity contribution is 7.99. The Kier molecular flexibility index (Phi) is 7.59. The first-order chi connectivity index (χ1) is 14.8. The van der Waals surface area contributed by atoms with Crippen LogP contribution in [-0.2, 0) is 4.79 Å².